The maximum Gasteiger partial charge on any atom is 0.318 e. The summed E-state index contributed by atoms with van der Waals surface area (Å²) in [5, 5.41) is 6.38. The molecular weight excluding hydrogens is 392 g/mol. The van der Waals surface area contributed by atoms with E-state index in [2.05, 4.69) is 15.4 Å². The number of imidazole rings is 1. The zero-order valence-electron chi connectivity index (χ0n) is 15.6. The van der Waals surface area contributed by atoms with Crippen molar-refractivity contribution >= 4 is 11.7 Å². The van der Waals surface area contributed by atoms with Crippen LogP contribution in [0.25, 0.3) is 5.65 Å². The first-order chi connectivity index (χ1) is 13.6. The van der Waals surface area contributed by atoms with Crippen molar-refractivity contribution in [3.05, 3.63) is 29.7 Å². The van der Waals surface area contributed by atoms with E-state index in [1.54, 1.807) is 12.3 Å². The van der Waals surface area contributed by atoms with E-state index in [0.29, 0.717) is 29.7 Å². The number of hydrogen-bond donors (Lipinski definition) is 2. The van der Waals surface area contributed by atoms with Crippen molar-refractivity contribution in [3.8, 4) is 0 Å². The van der Waals surface area contributed by atoms with Gasteiger partial charge in [-0.2, -0.15) is 5.10 Å². The van der Waals surface area contributed by atoms with Gasteiger partial charge in [0, 0.05) is 19.4 Å². The van der Waals surface area contributed by atoms with Crippen LogP contribution in [0.2, 0.25) is 0 Å². The third kappa shape index (κ3) is 4.29. The molecule has 1 atom stereocenters. The Hall–Kier alpha value is -2.43. The molecule has 2 fully saturated rings. The lowest BCUT2D eigenvalue weighted by Crippen LogP contribution is -2.56. The van der Waals surface area contributed by atoms with E-state index in [1.165, 1.54) is 10.7 Å². The average Bonchev–Trinajstić information content (AvgIpc) is 3.07. The van der Waals surface area contributed by atoms with Crippen LogP contribution in [0.5, 0.6) is 0 Å². The first kappa shape index (κ1) is 19.9. The third-order valence-electron chi connectivity index (χ3n) is 5.59. The maximum atomic E-state index is 13.6. The highest BCUT2D eigenvalue weighted by atomic mass is 19.3. The van der Waals surface area contributed by atoms with Gasteiger partial charge in [0.15, 0.2) is 5.65 Å². The molecule has 4 rings (SSSR count). The summed E-state index contributed by atoms with van der Waals surface area (Å²) < 4.78 is 55.4. The lowest BCUT2D eigenvalue weighted by molar-refractivity contribution is -0.0484. The fourth-order valence-electron chi connectivity index (χ4n) is 3.92. The molecule has 1 saturated carbocycles. The molecule has 3 N–H and O–H groups in total. The van der Waals surface area contributed by atoms with Crippen LogP contribution in [-0.4, -0.2) is 50.5 Å². The van der Waals surface area contributed by atoms with E-state index in [4.69, 9.17) is 5.73 Å². The van der Waals surface area contributed by atoms with Crippen molar-refractivity contribution in [2.75, 3.05) is 13.1 Å². The molecule has 1 aliphatic carbocycles. The van der Waals surface area contributed by atoms with E-state index in [1.807, 2.05) is 0 Å². The van der Waals surface area contributed by atoms with Gasteiger partial charge in [-0.25, -0.2) is 31.9 Å². The van der Waals surface area contributed by atoms with Crippen LogP contribution in [0, 0.1) is 5.92 Å². The molecule has 1 aliphatic heterocycles. The number of amides is 2. The Kier molecular flexibility index (Phi) is 4.88. The molecule has 1 saturated heterocycles. The predicted molar refractivity (Wildman–Crippen MR) is 95.6 cm³/mol. The summed E-state index contributed by atoms with van der Waals surface area (Å²) in [6.07, 6.45) is 3.44. The van der Waals surface area contributed by atoms with Crippen molar-refractivity contribution in [1.82, 2.24) is 24.8 Å². The Labute approximate surface area is 164 Å². The molecule has 0 unspecified atom stereocenters. The van der Waals surface area contributed by atoms with Gasteiger partial charge in [-0.15, -0.1) is 0 Å². The Bertz CT molecular complexity index is 907. The van der Waals surface area contributed by atoms with Crippen molar-refractivity contribution in [2.24, 2.45) is 11.7 Å². The lowest BCUT2D eigenvalue weighted by atomic mass is 9.81. The van der Waals surface area contributed by atoms with Crippen molar-refractivity contribution in [2.45, 2.75) is 50.1 Å². The number of carbonyl (C=O) groups is 1. The van der Waals surface area contributed by atoms with Gasteiger partial charge in [-0.1, -0.05) is 0 Å². The van der Waals surface area contributed by atoms with Gasteiger partial charge in [0.2, 0.25) is 5.92 Å². The third-order valence-corrected chi connectivity index (χ3v) is 5.59. The predicted octanol–water partition coefficient (Wildman–Crippen LogP) is 2.72. The van der Waals surface area contributed by atoms with Gasteiger partial charge >= 0.3 is 6.03 Å². The number of alkyl halides is 4. The quantitative estimate of drug-likeness (QED) is 0.753. The molecule has 0 aromatic carbocycles. The number of aromatic nitrogens is 3. The fraction of sp³-hybridized carbons (Fsp3) is 0.611. The fourth-order valence-corrected chi connectivity index (χ4v) is 3.92. The molecular formula is C18H22F4N6O. The highest BCUT2D eigenvalue weighted by molar-refractivity contribution is 5.75. The van der Waals surface area contributed by atoms with Gasteiger partial charge in [-0.05, 0) is 30.4 Å². The van der Waals surface area contributed by atoms with Crippen LogP contribution in [-0.2, 0) is 6.54 Å². The minimum atomic E-state index is -2.99. The first-order valence-electron chi connectivity index (χ1n) is 9.50. The summed E-state index contributed by atoms with van der Waals surface area (Å²) in [5.41, 5.74) is 7.82. The Morgan fingerprint density at radius 3 is 2.69 bits per heavy atom. The number of carbonyl (C=O) groups excluding carboxylic acids is 1. The van der Waals surface area contributed by atoms with Gasteiger partial charge in [0.25, 0.3) is 5.92 Å². The number of fused-ring (bicyclic) bond motifs is 1. The van der Waals surface area contributed by atoms with Gasteiger partial charge in [-0.3, -0.25) is 0 Å². The number of halogens is 4. The van der Waals surface area contributed by atoms with Crippen LogP contribution in [0.3, 0.4) is 0 Å². The van der Waals surface area contributed by atoms with E-state index in [-0.39, 0.29) is 25.3 Å². The number of rotatable bonds is 4. The lowest BCUT2D eigenvalue weighted by Gasteiger charge is -2.32. The summed E-state index contributed by atoms with van der Waals surface area (Å²) in [7, 11) is 0. The summed E-state index contributed by atoms with van der Waals surface area (Å²) in [6.45, 7) is -1.37. The molecule has 2 aromatic heterocycles. The van der Waals surface area contributed by atoms with Gasteiger partial charge in [0.1, 0.15) is 0 Å². The molecule has 0 radical (unpaired) electrons. The highest BCUT2D eigenvalue weighted by Crippen LogP contribution is 2.40. The minimum Gasteiger partial charge on any atom is -0.332 e. The molecule has 11 heteroatoms. The topological polar surface area (TPSA) is 88.5 Å². The van der Waals surface area contributed by atoms with Crippen LogP contribution >= 0.6 is 0 Å². The average molecular weight is 414 g/mol. The number of nitrogens with one attached hydrogen (secondary N) is 1. The number of hydrogen-bond acceptors (Lipinski definition) is 4. The zero-order chi connectivity index (χ0) is 20.8. The van der Waals surface area contributed by atoms with Crippen LogP contribution in [0.1, 0.15) is 43.0 Å². The normalized spacial score (nSPS) is 23.2. The largest absolute Gasteiger partial charge is 0.332 e. The van der Waals surface area contributed by atoms with Crippen LogP contribution in [0.15, 0.2) is 18.5 Å². The monoisotopic (exact) mass is 414 g/mol. The molecule has 158 valence electrons. The van der Waals surface area contributed by atoms with Gasteiger partial charge < -0.3 is 16.0 Å². The van der Waals surface area contributed by atoms with Crippen molar-refractivity contribution in [1.29, 1.82) is 0 Å². The molecule has 2 aliphatic rings. The Balaban J connectivity index is 1.48. The second kappa shape index (κ2) is 7.12. The van der Waals surface area contributed by atoms with Gasteiger partial charge in [0.05, 0.1) is 37.2 Å². The first-order valence-corrected chi connectivity index (χ1v) is 9.50. The molecule has 7 nitrogen and oxygen atoms in total. The van der Waals surface area contributed by atoms with Crippen molar-refractivity contribution in [3.63, 3.8) is 0 Å². The molecule has 2 amide bonds. The number of urea groups is 1. The molecule has 29 heavy (non-hydrogen) atoms. The summed E-state index contributed by atoms with van der Waals surface area (Å²) in [6, 6.07) is 0.608. The van der Waals surface area contributed by atoms with E-state index in [0.717, 1.165) is 4.90 Å². The molecule has 2 aromatic rings. The number of nitrogens with two attached hydrogens (primary N) is 1. The maximum absolute atomic E-state index is 13.6. The highest BCUT2D eigenvalue weighted by Gasteiger charge is 2.39. The van der Waals surface area contributed by atoms with Crippen LogP contribution in [0.4, 0.5) is 22.4 Å². The van der Waals surface area contributed by atoms with Crippen LogP contribution < -0.4 is 11.1 Å². The summed E-state index contributed by atoms with van der Waals surface area (Å²) in [4.78, 5) is 17.3. The molecule has 0 spiro atoms. The smallest absolute Gasteiger partial charge is 0.318 e. The van der Waals surface area contributed by atoms with E-state index in [9.17, 15) is 22.4 Å². The van der Waals surface area contributed by atoms with E-state index >= 15 is 0 Å². The zero-order valence-corrected chi connectivity index (χ0v) is 15.6. The molecule has 0 bridgehead atoms. The standard InChI is InChI=1S/C18H22F4N6O/c19-17(20)3-1-12(2-4-17)15(23)13-8-28-14(26-13)5-11(6-25-28)7-27-10-18(21,22)9-24-16(27)29/h5-6,8,12,15H,1-4,7,9-10,23H2,(H,24,29)/t15-/m0/s1. The molecule has 3 heterocycles. The summed E-state index contributed by atoms with van der Waals surface area (Å²) >= 11 is 0. The Morgan fingerprint density at radius 2 is 1.97 bits per heavy atom. The van der Waals surface area contributed by atoms with Crippen molar-refractivity contribution < 1.29 is 22.4 Å². The SMILES string of the molecule is N[C@H](c1cn2ncc(CN3CC(F)(F)CNC3=O)cc2n1)C1CCC(F)(F)CC1. The minimum absolute atomic E-state index is 0.0309. The second-order valence-electron chi connectivity index (χ2n) is 7.92. The Morgan fingerprint density at radius 1 is 1.24 bits per heavy atom. The second-order valence-corrected chi connectivity index (χ2v) is 7.92. The number of nitrogens with zero attached hydrogens (tertiary/aromatic N) is 4. The summed E-state index contributed by atoms with van der Waals surface area (Å²) in [5.74, 6) is -5.70. The van der Waals surface area contributed by atoms with E-state index < -0.39 is 37.0 Å².